The number of allylic oxidation sites excluding steroid dienone is 4. The molecule has 0 heterocycles. The number of nitrogens with zero attached hydrogens (tertiary/aromatic N) is 2. The summed E-state index contributed by atoms with van der Waals surface area (Å²) >= 11 is 0. The summed E-state index contributed by atoms with van der Waals surface area (Å²) in [5.74, 6) is 0.371. The number of hydrogen-bond acceptors (Lipinski definition) is 2. The van der Waals surface area contributed by atoms with Crippen LogP contribution in [0.25, 0.3) is 0 Å². The van der Waals surface area contributed by atoms with E-state index < -0.39 is 0 Å². The second-order valence-electron chi connectivity index (χ2n) is 5.15. The fraction of sp³-hybridized carbons (Fsp3) is 0.100. The molecule has 0 radical (unpaired) electrons. The van der Waals surface area contributed by atoms with Gasteiger partial charge in [0.05, 0.1) is 11.4 Å². The van der Waals surface area contributed by atoms with Gasteiger partial charge in [0.15, 0.2) is 0 Å². The van der Waals surface area contributed by atoms with Crippen molar-refractivity contribution in [1.29, 1.82) is 0 Å². The Balaban J connectivity index is 1.78. The summed E-state index contributed by atoms with van der Waals surface area (Å²) in [6.45, 7) is 0. The Labute approximate surface area is 131 Å². The molecule has 0 saturated carbocycles. The Morgan fingerprint density at radius 3 is 2.27 bits per heavy atom. The van der Waals surface area contributed by atoms with Crippen molar-refractivity contribution in [3.63, 3.8) is 0 Å². The molecule has 0 N–H and O–H groups in total. The number of aliphatic imine (C=N–C) groups is 2. The summed E-state index contributed by atoms with van der Waals surface area (Å²) in [4.78, 5) is 9.19. The molecule has 0 aromatic heterocycles. The lowest BCUT2D eigenvalue weighted by Crippen LogP contribution is -1.97. The number of rotatable bonds is 4. The fourth-order valence-electron chi connectivity index (χ4n) is 2.25. The van der Waals surface area contributed by atoms with E-state index in [0.29, 0.717) is 5.92 Å². The summed E-state index contributed by atoms with van der Waals surface area (Å²) in [7, 11) is 0. The number of benzene rings is 2. The van der Waals surface area contributed by atoms with Crippen molar-refractivity contribution in [2.75, 3.05) is 0 Å². The third-order valence-electron chi connectivity index (χ3n) is 3.45. The number of hydrogen-bond donors (Lipinski definition) is 0. The van der Waals surface area contributed by atoms with Gasteiger partial charge in [0.25, 0.3) is 0 Å². The van der Waals surface area contributed by atoms with Crippen LogP contribution in [0, 0.1) is 5.92 Å². The Morgan fingerprint density at radius 2 is 1.55 bits per heavy atom. The van der Waals surface area contributed by atoms with Crippen LogP contribution in [0.5, 0.6) is 0 Å². The smallest absolute Gasteiger partial charge is 0.0886 e. The Bertz CT molecular complexity index is 724. The molecule has 1 unspecified atom stereocenters. The summed E-state index contributed by atoms with van der Waals surface area (Å²) < 4.78 is 0. The van der Waals surface area contributed by atoms with Gasteiger partial charge < -0.3 is 0 Å². The van der Waals surface area contributed by atoms with E-state index in [0.717, 1.165) is 23.4 Å². The predicted molar refractivity (Wildman–Crippen MR) is 94.7 cm³/mol. The fourth-order valence-corrected chi connectivity index (χ4v) is 2.25. The van der Waals surface area contributed by atoms with Gasteiger partial charge in [-0.1, -0.05) is 66.8 Å². The first-order chi connectivity index (χ1) is 10.9. The molecule has 1 aliphatic rings. The maximum Gasteiger partial charge on any atom is 0.0886 e. The average molecular weight is 286 g/mol. The molecule has 0 bridgehead atoms. The molecule has 0 fully saturated rings. The topological polar surface area (TPSA) is 24.7 Å². The van der Waals surface area contributed by atoms with Gasteiger partial charge in [0.2, 0.25) is 0 Å². The first-order valence-corrected chi connectivity index (χ1v) is 7.47. The molecule has 2 aromatic rings. The minimum Gasteiger partial charge on any atom is -0.258 e. The molecule has 2 aromatic carbocycles. The van der Waals surface area contributed by atoms with Gasteiger partial charge in [-0.25, -0.2) is 0 Å². The molecule has 108 valence electrons. The molecule has 2 heteroatoms. The SMILES string of the molecule is C1=CCC(C=Nc2ccccc2N=Cc2ccccc2)C=C1. The van der Waals surface area contributed by atoms with Gasteiger partial charge in [-0.2, -0.15) is 0 Å². The second kappa shape index (κ2) is 7.32. The van der Waals surface area contributed by atoms with Crippen LogP contribution in [0.2, 0.25) is 0 Å². The van der Waals surface area contributed by atoms with Crippen molar-refractivity contribution < 1.29 is 0 Å². The highest BCUT2D eigenvalue weighted by atomic mass is 14.8. The average Bonchev–Trinajstić information content (AvgIpc) is 2.61. The molecular weight excluding hydrogens is 268 g/mol. The monoisotopic (exact) mass is 286 g/mol. The lowest BCUT2D eigenvalue weighted by molar-refractivity contribution is 0.888. The van der Waals surface area contributed by atoms with E-state index in [1.54, 1.807) is 0 Å². The molecule has 0 spiro atoms. The maximum absolute atomic E-state index is 4.62. The molecule has 2 nitrogen and oxygen atoms in total. The van der Waals surface area contributed by atoms with E-state index in [1.165, 1.54) is 0 Å². The zero-order chi connectivity index (χ0) is 15.0. The molecule has 1 atom stereocenters. The second-order valence-corrected chi connectivity index (χ2v) is 5.15. The Hall–Kier alpha value is -2.74. The normalized spacial score (nSPS) is 17.5. The van der Waals surface area contributed by atoms with Crippen molar-refractivity contribution in [2.45, 2.75) is 6.42 Å². The lowest BCUT2D eigenvalue weighted by atomic mass is 10.0. The van der Waals surface area contributed by atoms with Crippen LogP contribution in [-0.4, -0.2) is 12.4 Å². The third kappa shape index (κ3) is 3.89. The van der Waals surface area contributed by atoms with Crippen molar-refractivity contribution in [3.8, 4) is 0 Å². The molecule has 22 heavy (non-hydrogen) atoms. The zero-order valence-electron chi connectivity index (χ0n) is 12.3. The minimum atomic E-state index is 0.371. The van der Waals surface area contributed by atoms with Gasteiger partial charge in [-0.15, -0.1) is 0 Å². The molecule has 0 saturated heterocycles. The highest BCUT2D eigenvalue weighted by molar-refractivity contribution is 5.84. The predicted octanol–water partition coefficient (Wildman–Crippen LogP) is 5.27. The van der Waals surface area contributed by atoms with Crippen LogP contribution < -0.4 is 0 Å². The van der Waals surface area contributed by atoms with Crippen molar-refractivity contribution in [1.82, 2.24) is 0 Å². The lowest BCUT2D eigenvalue weighted by Gasteiger charge is -2.06. The molecule has 1 aliphatic carbocycles. The standard InChI is InChI=1S/C20H18N2/c1-3-9-17(10-4-1)15-21-19-13-7-8-14-20(19)22-16-18-11-5-2-6-12-18/h1-11,13-16,18H,12H2. The summed E-state index contributed by atoms with van der Waals surface area (Å²) in [5.41, 5.74) is 2.87. The Kier molecular flexibility index (Phi) is 4.73. The van der Waals surface area contributed by atoms with E-state index in [-0.39, 0.29) is 0 Å². The van der Waals surface area contributed by atoms with Crippen LogP contribution >= 0.6 is 0 Å². The molecular formula is C20H18N2. The van der Waals surface area contributed by atoms with Crippen LogP contribution in [0.15, 0.2) is 88.9 Å². The first-order valence-electron chi connectivity index (χ1n) is 7.47. The van der Waals surface area contributed by atoms with E-state index in [9.17, 15) is 0 Å². The van der Waals surface area contributed by atoms with Crippen LogP contribution in [0.3, 0.4) is 0 Å². The van der Waals surface area contributed by atoms with E-state index in [2.05, 4.69) is 34.3 Å². The molecule has 0 aliphatic heterocycles. The summed E-state index contributed by atoms with van der Waals surface area (Å²) in [5, 5.41) is 0. The van der Waals surface area contributed by atoms with Crippen molar-refractivity contribution in [3.05, 3.63) is 84.5 Å². The molecule has 3 rings (SSSR count). The van der Waals surface area contributed by atoms with Gasteiger partial charge in [-0.05, 0) is 24.1 Å². The van der Waals surface area contributed by atoms with Crippen LogP contribution in [0.1, 0.15) is 12.0 Å². The third-order valence-corrected chi connectivity index (χ3v) is 3.45. The van der Waals surface area contributed by atoms with Gasteiger partial charge >= 0.3 is 0 Å². The van der Waals surface area contributed by atoms with Crippen molar-refractivity contribution >= 4 is 23.8 Å². The Morgan fingerprint density at radius 1 is 0.818 bits per heavy atom. The van der Waals surface area contributed by atoms with E-state index in [4.69, 9.17) is 0 Å². The van der Waals surface area contributed by atoms with E-state index >= 15 is 0 Å². The summed E-state index contributed by atoms with van der Waals surface area (Å²) in [6.07, 6.45) is 13.3. The van der Waals surface area contributed by atoms with Gasteiger partial charge in [0, 0.05) is 18.3 Å². The molecule has 0 amide bonds. The van der Waals surface area contributed by atoms with Crippen molar-refractivity contribution in [2.24, 2.45) is 15.9 Å². The van der Waals surface area contributed by atoms with Crippen LogP contribution in [0.4, 0.5) is 11.4 Å². The van der Waals surface area contributed by atoms with Gasteiger partial charge in [0.1, 0.15) is 0 Å². The highest BCUT2D eigenvalue weighted by Gasteiger charge is 2.02. The quantitative estimate of drug-likeness (QED) is 0.684. The van der Waals surface area contributed by atoms with Crippen LogP contribution in [-0.2, 0) is 0 Å². The largest absolute Gasteiger partial charge is 0.258 e. The maximum atomic E-state index is 4.62. The minimum absolute atomic E-state index is 0.371. The van der Waals surface area contributed by atoms with Gasteiger partial charge in [-0.3, -0.25) is 9.98 Å². The number of para-hydroxylation sites is 2. The van der Waals surface area contributed by atoms with E-state index in [1.807, 2.05) is 67.0 Å². The summed E-state index contributed by atoms with van der Waals surface area (Å²) in [6, 6.07) is 18.1. The first kappa shape index (κ1) is 14.2. The highest BCUT2D eigenvalue weighted by Crippen LogP contribution is 2.27. The zero-order valence-corrected chi connectivity index (χ0v) is 12.3.